The van der Waals surface area contributed by atoms with E-state index in [0.717, 1.165) is 0 Å². The van der Waals surface area contributed by atoms with E-state index in [4.69, 9.17) is 9.84 Å². The number of carbonyl (C=O) groups excluding carboxylic acids is 1. The van der Waals surface area contributed by atoms with Crippen LogP contribution in [0.1, 0.15) is 13.3 Å². The maximum atomic E-state index is 11.9. The van der Waals surface area contributed by atoms with Crippen LogP contribution in [0.5, 0.6) is 5.75 Å². The van der Waals surface area contributed by atoms with Crippen molar-refractivity contribution in [3.63, 3.8) is 0 Å². The third-order valence-corrected chi connectivity index (χ3v) is 3.15. The molecule has 1 fully saturated rings. The highest BCUT2D eigenvalue weighted by Crippen LogP contribution is 2.31. The summed E-state index contributed by atoms with van der Waals surface area (Å²) < 4.78 is 5.48. The van der Waals surface area contributed by atoms with E-state index in [9.17, 15) is 9.90 Å². The summed E-state index contributed by atoms with van der Waals surface area (Å²) in [6.45, 7) is 2.14. The number of nitrogens with zero attached hydrogens (tertiary/aromatic N) is 1. The molecule has 1 aliphatic heterocycles. The van der Waals surface area contributed by atoms with Gasteiger partial charge in [0.2, 0.25) is 0 Å². The van der Waals surface area contributed by atoms with Crippen LogP contribution in [0.2, 0.25) is 0 Å². The number of carbonyl (C=O) groups is 1. The molecule has 1 saturated heterocycles. The number of amides is 1. The summed E-state index contributed by atoms with van der Waals surface area (Å²) in [5, 5.41) is 18.8. The molecule has 1 aromatic rings. The van der Waals surface area contributed by atoms with E-state index in [1.54, 1.807) is 24.3 Å². The van der Waals surface area contributed by atoms with Gasteiger partial charge >= 0.3 is 0 Å². The van der Waals surface area contributed by atoms with Gasteiger partial charge < -0.3 is 19.8 Å². The van der Waals surface area contributed by atoms with Crippen LogP contribution in [0.15, 0.2) is 24.3 Å². The van der Waals surface area contributed by atoms with Gasteiger partial charge in [-0.2, -0.15) is 0 Å². The SMILES string of the molecule is CC1(CCO)CN(c2ccccc2O)C(=O)CO1. The van der Waals surface area contributed by atoms with Gasteiger partial charge in [0, 0.05) is 13.0 Å². The molecule has 5 heteroatoms. The predicted octanol–water partition coefficient (Wildman–Crippen LogP) is 0.896. The molecule has 1 heterocycles. The van der Waals surface area contributed by atoms with Crippen LogP contribution >= 0.6 is 0 Å². The monoisotopic (exact) mass is 251 g/mol. The zero-order chi connectivity index (χ0) is 13.2. The number of phenolic OH excluding ortho intramolecular Hbond substituents is 1. The number of aromatic hydroxyl groups is 1. The molecular formula is C13H17NO4. The number of aliphatic hydroxyl groups excluding tert-OH is 1. The Kier molecular flexibility index (Phi) is 3.54. The maximum absolute atomic E-state index is 11.9. The normalized spacial score (nSPS) is 24.3. The van der Waals surface area contributed by atoms with Crippen molar-refractivity contribution in [2.75, 3.05) is 24.7 Å². The van der Waals surface area contributed by atoms with Gasteiger partial charge in [0.25, 0.3) is 5.91 Å². The van der Waals surface area contributed by atoms with E-state index in [1.807, 2.05) is 6.92 Å². The van der Waals surface area contributed by atoms with E-state index in [1.165, 1.54) is 4.90 Å². The minimum atomic E-state index is -0.578. The van der Waals surface area contributed by atoms with E-state index >= 15 is 0 Å². The van der Waals surface area contributed by atoms with Crippen molar-refractivity contribution in [3.8, 4) is 5.75 Å². The number of phenols is 1. The number of morpholine rings is 1. The molecule has 1 atom stereocenters. The topological polar surface area (TPSA) is 70.0 Å². The summed E-state index contributed by atoms with van der Waals surface area (Å²) in [5.41, 5.74) is -0.0970. The highest BCUT2D eigenvalue weighted by molar-refractivity contribution is 5.96. The van der Waals surface area contributed by atoms with Gasteiger partial charge in [-0.15, -0.1) is 0 Å². The minimum Gasteiger partial charge on any atom is -0.506 e. The highest BCUT2D eigenvalue weighted by Gasteiger charge is 2.36. The molecule has 18 heavy (non-hydrogen) atoms. The van der Waals surface area contributed by atoms with Crippen LogP contribution < -0.4 is 4.90 Å². The quantitative estimate of drug-likeness (QED) is 0.837. The van der Waals surface area contributed by atoms with Crippen molar-refractivity contribution >= 4 is 11.6 Å². The van der Waals surface area contributed by atoms with Gasteiger partial charge in [0.1, 0.15) is 12.4 Å². The lowest BCUT2D eigenvalue weighted by Gasteiger charge is -2.40. The Bertz CT molecular complexity index is 448. The molecule has 0 bridgehead atoms. The minimum absolute atomic E-state index is 0.000692. The highest BCUT2D eigenvalue weighted by atomic mass is 16.5. The molecule has 1 aliphatic rings. The molecule has 0 saturated carbocycles. The van der Waals surface area contributed by atoms with Crippen molar-refractivity contribution < 1.29 is 19.7 Å². The Balaban J connectivity index is 2.26. The third kappa shape index (κ3) is 2.47. The third-order valence-electron chi connectivity index (χ3n) is 3.15. The molecule has 0 radical (unpaired) electrons. The Morgan fingerprint density at radius 3 is 2.83 bits per heavy atom. The lowest BCUT2D eigenvalue weighted by atomic mass is 9.99. The largest absolute Gasteiger partial charge is 0.506 e. The number of anilines is 1. The first-order valence-corrected chi connectivity index (χ1v) is 5.89. The van der Waals surface area contributed by atoms with Gasteiger partial charge in [-0.1, -0.05) is 12.1 Å². The number of rotatable bonds is 3. The first kappa shape index (κ1) is 12.9. The van der Waals surface area contributed by atoms with Gasteiger partial charge in [0.15, 0.2) is 0 Å². The second kappa shape index (κ2) is 4.96. The molecule has 1 unspecified atom stereocenters. The molecular weight excluding hydrogens is 234 g/mol. The van der Waals surface area contributed by atoms with E-state index in [2.05, 4.69) is 0 Å². The van der Waals surface area contributed by atoms with E-state index < -0.39 is 5.60 Å². The maximum Gasteiger partial charge on any atom is 0.253 e. The Morgan fingerprint density at radius 1 is 1.44 bits per heavy atom. The Morgan fingerprint density at radius 2 is 2.17 bits per heavy atom. The number of aliphatic hydroxyl groups is 1. The van der Waals surface area contributed by atoms with Gasteiger partial charge in [0.05, 0.1) is 17.8 Å². The molecule has 5 nitrogen and oxygen atoms in total. The molecule has 2 N–H and O–H groups in total. The van der Waals surface area contributed by atoms with Gasteiger partial charge in [-0.05, 0) is 19.1 Å². The molecule has 0 aromatic heterocycles. The summed E-state index contributed by atoms with van der Waals surface area (Å²) in [5.74, 6) is -0.119. The summed E-state index contributed by atoms with van der Waals surface area (Å²) in [4.78, 5) is 13.4. The number of benzene rings is 1. The zero-order valence-corrected chi connectivity index (χ0v) is 10.3. The van der Waals surface area contributed by atoms with Crippen molar-refractivity contribution in [3.05, 3.63) is 24.3 Å². The first-order valence-electron chi connectivity index (χ1n) is 5.89. The predicted molar refractivity (Wildman–Crippen MR) is 66.5 cm³/mol. The fourth-order valence-electron chi connectivity index (χ4n) is 2.08. The van der Waals surface area contributed by atoms with Crippen molar-refractivity contribution in [2.45, 2.75) is 18.9 Å². The average Bonchev–Trinajstić information content (AvgIpc) is 2.34. The number of hydrogen-bond donors (Lipinski definition) is 2. The fourth-order valence-corrected chi connectivity index (χ4v) is 2.08. The molecule has 98 valence electrons. The molecule has 2 rings (SSSR count). The molecule has 0 aliphatic carbocycles. The van der Waals surface area contributed by atoms with Crippen LogP contribution in [0.4, 0.5) is 5.69 Å². The smallest absolute Gasteiger partial charge is 0.253 e. The molecule has 1 aromatic carbocycles. The average molecular weight is 251 g/mol. The number of para-hydroxylation sites is 2. The number of ether oxygens (including phenoxy) is 1. The molecule has 0 spiro atoms. The van der Waals surface area contributed by atoms with Crippen LogP contribution in [0, 0.1) is 0 Å². The second-order valence-corrected chi connectivity index (χ2v) is 4.68. The fraction of sp³-hybridized carbons (Fsp3) is 0.462. The number of hydrogen-bond acceptors (Lipinski definition) is 4. The van der Waals surface area contributed by atoms with Crippen LogP contribution in [0.25, 0.3) is 0 Å². The van der Waals surface area contributed by atoms with Crippen LogP contribution in [-0.4, -0.2) is 41.5 Å². The summed E-state index contributed by atoms with van der Waals surface area (Å²) >= 11 is 0. The van der Waals surface area contributed by atoms with Crippen molar-refractivity contribution in [1.82, 2.24) is 0 Å². The standard InChI is InChI=1S/C13H17NO4/c1-13(6-7-15)9-14(12(17)8-18-13)10-4-2-3-5-11(10)16/h2-5,15-16H,6-9H2,1H3. The van der Waals surface area contributed by atoms with Gasteiger partial charge in [-0.25, -0.2) is 0 Å². The lowest BCUT2D eigenvalue weighted by molar-refractivity contribution is -0.138. The van der Waals surface area contributed by atoms with Crippen molar-refractivity contribution in [2.24, 2.45) is 0 Å². The summed E-state index contributed by atoms with van der Waals surface area (Å²) in [6, 6.07) is 6.71. The second-order valence-electron chi connectivity index (χ2n) is 4.68. The van der Waals surface area contributed by atoms with Crippen molar-refractivity contribution in [1.29, 1.82) is 0 Å². The van der Waals surface area contributed by atoms with E-state index in [0.29, 0.717) is 18.7 Å². The van der Waals surface area contributed by atoms with Crippen LogP contribution in [-0.2, 0) is 9.53 Å². The summed E-state index contributed by atoms with van der Waals surface area (Å²) in [7, 11) is 0. The van der Waals surface area contributed by atoms with Gasteiger partial charge in [-0.3, -0.25) is 4.79 Å². The molecule has 1 amide bonds. The van der Waals surface area contributed by atoms with Crippen LogP contribution in [0.3, 0.4) is 0 Å². The summed E-state index contributed by atoms with van der Waals surface area (Å²) in [6.07, 6.45) is 0.449. The van der Waals surface area contributed by atoms with E-state index in [-0.39, 0.29) is 24.9 Å². The Hall–Kier alpha value is -1.59. The lowest BCUT2D eigenvalue weighted by Crippen LogP contribution is -2.53. The Labute approximate surface area is 106 Å². The first-order chi connectivity index (χ1) is 8.56. The zero-order valence-electron chi connectivity index (χ0n) is 10.3.